The highest BCUT2D eigenvalue weighted by Crippen LogP contribution is 2.19. The molecule has 78 valence electrons. The average molecular weight is 225 g/mol. The lowest BCUT2D eigenvalue weighted by atomic mass is 10.3. The maximum atomic E-state index is 11.9. The summed E-state index contributed by atoms with van der Waals surface area (Å²) < 4.78 is 2.68. The number of nitrogens with zero attached hydrogens (tertiary/aromatic N) is 4. The summed E-state index contributed by atoms with van der Waals surface area (Å²) in [5.41, 5.74) is 0.979. The molecule has 0 atom stereocenters. The molecule has 0 fully saturated rings. The molecule has 2 aromatic rings. The van der Waals surface area contributed by atoms with Gasteiger partial charge in [-0.1, -0.05) is 11.6 Å². The Labute approximate surface area is 91.3 Å². The minimum atomic E-state index is -0.284. The second kappa shape index (κ2) is 3.51. The lowest BCUT2D eigenvalue weighted by Gasteiger charge is -2.00. The van der Waals surface area contributed by atoms with Gasteiger partial charge in [0, 0.05) is 19.4 Å². The van der Waals surface area contributed by atoms with Gasteiger partial charge >= 0.3 is 0 Å². The lowest BCUT2D eigenvalue weighted by Crippen LogP contribution is -2.16. The van der Waals surface area contributed by atoms with Crippen LogP contribution in [0.4, 0.5) is 0 Å². The highest BCUT2D eigenvalue weighted by Gasteiger charge is 2.20. The number of carbonyl (C=O) groups is 1. The van der Waals surface area contributed by atoms with Crippen molar-refractivity contribution in [3.8, 4) is 0 Å². The first-order valence-electron chi connectivity index (χ1n) is 4.34. The Morgan fingerprint density at radius 3 is 2.73 bits per heavy atom. The summed E-state index contributed by atoms with van der Waals surface area (Å²) in [5, 5.41) is 8.29. The van der Waals surface area contributed by atoms with E-state index in [0.29, 0.717) is 16.4 Å². The maximum Gasteiger partial charge on any atom is 0.297 e. The van der Waals surface area contributed by atoms with Crippen LogP contribution in [0.15, 0.2) is 18.5 Å². The summed E-state index contributed by atoms with van der Waals surface area (Å²) in [7, 11) is 1.68. The fraction of sp³-hybridized carbons (Fsp3) is 0.222. The van der Waals surface area contributed by atoms with Gasteiger partial charge in [-0.3, -0.25) is 9.48 Å². The van der Waals surface area contributed by atoms with Crippen molar-refractivity contribution in [1.29, 1.82) is 0 Å². The third-order valence-corrected chi connectivity index (χ3v) is 2.52. The topological polar surface area (TPSA) is 52.7 Å². The van der Waals surface area contributed by atoms with Crippen molar-refractivity contribution in [3.63, 3.8) is 0 Å². The third-order valence-electron chi connectivity index (χ3n) is 2.06. The highest BCUT2D eigenvalue weighted by molar-refractivity contribution is 6.34. The summed E-state index contributed by atoms with van der Waals surface area (Å²) in [6.07, 6.45) is 3.11. The van der Waals surface area contributed by atoms with Crippen LogP contribution in [0, 0.1) is 6.92 Å². The molecule has 2 heterocycles. The van der Waals surface area contributed by atoms with Crippen molar-refractivity contribution in [2.75, 3.05) is 0 Å². The highest BCUT2D eigenvalue weighted by atomic mass is 35.5. The molecule has 0 amide bonds. The van der Waals surface area contributed by atoms with Gasteiger partial charge in [0.25, 0.3) is 5.91 Å². The van der Waals surface area contributed by atoms with E-state index in [0.717, 1.165) is 0 Å². The second-order valence-electron chi connectivity index (χ2n) is 3.13. The zero-order chi connectivity index (χ0) is 11.0. The number of aryl methyl sites for hydroxylation is 2. The fourth-order valence-corrected chi connectivity index (χ4v) is 1.60. The molecule has 6 heteroatoms. The van der Waals surface area contributed by atoms with Crippen LogP contribution in [0.1, 0.15) is 16.2 Å². The zero-order valence-electron chi connectivity index (χ0n) is 8.31. The van der Waals surface area contributed by atoms with Gasteiger partial charge in [0.05, 0.1) is 10.7 Å². The summed E-state index contributed by atoms with van der Waals surface area (Å²) in [6, 6.07) is 1.68. The molecule has 0 aliphatic rings. The van der Waals surface area contributed by atoms with Gasteiger partial charge in [-0.05, 0) is 13.0 Å². The number of rotatable bonds is 1. The Bertz CT molecular complexity index is 500. The van der Waals surface area contributed by atoms with E-state index < -0.39 is 0 Å². The Morgan fingerprint density at radius 2 is 2.27 bits per heavy atom. The van der Waals surface area contributed by atoms with Crippen molar-refractivity contribution in [2.45, 2.75) is 6.92 Å². The van der Waals surface area contributed by atoms with Gasteiger partial charge in [0.1, 0.15) is 5.69 Å². The number of halogens is 1. The van der Waals surface area contributed by atoms with E-state index in [-0.39, 0.29) is 5.91 Å². The largest absolute Gasteiger partial charge is 0.297 e. The normalized spacial score (nSPS) is 10.6. The quantitative estimate of drug-likeness (QED) is 0.733. The molecule has 0 unspecified atom stereocenters. The van der Waals surface area contributed by atoms with Crippen molar-refractivity contribution in [1.82, 2.24) is 19.6 Å². The minimum Gasteiger partial charge on any atom is -0.265 e. The molecular weight excluding hydrogens is 216 g/mol. The Balaban J connectivity index is 2.51. The average Bonchev–Trinajstić information content (AvgIpc) is 2.76. The number of aromatic nitrogens is 4. The van der Waals surface area contributed by atoms with Gasteiger partial charge < -0.3 is 0 Å². The summed E-state index contributed by atoms with van der Waals surface area (Å²) >= 11 is 5.98. The number of carbonyl (C=O) groups excluding carboxylic acids is 1. The van der Waals surface area contributed by atoms with Crippen LogP contribution >= 0.6 is 11.6 Å². The Morgan fingerprint density at radius 1 is 1.53 bits per heavy atom. The summed E-state index contributed by atoms with van der Waals surface area (Å²) in [5.74, 6) is -0.284. The van der Waals surface area contributed by atoms with Crippen LogP contribution in [-0.4, -0.2) is 25.5 Å². The molecule has 5 nitrogen and oxygen atoms in total. The first kappa shape index (κ1) is 9.92. The second-order valence-corrected chi connectivity index (χ2v) is 3.51. The maximum absolute atomic E-state index is 11.9. The SMILES string of the molecule is Cc1nn(C)c(C(=O)n2cccn2)c1Cl. The molecule has 0 radical (unpaired) electrons. The van der Waals surface area contributed by atoms with Crippen LogP contribution in [0.5, 0.6) is 0 Å². The molecule has 0 bridgehead atoms. The van der Waals surface area contributed by atoms with Crippen molar-refractivity contribution >= 4 is 17.5 Å². The van der Waals surface area contributed by atoms with Gasteiger partial charge in [0.2, 0.25) is 0 Å². The molecule has 0 aliphatic carbocycles. The van der Waals surface area contributed by atoms with Crippen molar-refractivity contribution in [2.24, 2.45) is 7.05 Å². The molecule has 0 saturated heterocycles. The molecule has 2 aromatic heterocycles. The fourth-order valence-electron chi connectivity index (χ4n) is 1.36. The van der Waals surface area contributed by atoms with Crippen molar-refractivity contribution in [3.05, 3.63) is 34.9 Å². The van der Waals surface area contributed by atoms with Crippen LogP contribution in [0.25, 0.3) is 0 Å². The van der Waals surface area contributed by atoms with E-state index in [1.54, 1.807) is 26.2 Å². The number of hydrogen-bond acceptors (Lipinski definition) is 3. The minimum absolute atomic E-state index is 0.284. The van der Waals surface area contributed by atoms with Gasteiger partial charge in [0.15, 0.2) is 0 Å². The van der Waals surface area contributed by atoms with E-state index in [2.05, 4.69) is 10.2 Å². The van der Waals surface area contributed by atoms with Crippen LogP contribution in [-0.2, 0) is 7.05 Å². The summed E-state index contributed by atoms with van der Waals surface area (Å²) in [4.78, 5) is 11.9. The predicted molar refractivity (Wildman–Crippen MR) is 54.9 cm³/mol. The Hall–Kier alpha value is -1.62. The first-order chi connectivity index (χ1) is 7.11. The smallest absolute Gasteiger partial charge is 0.265 e. The predicted octanol–water partition coefficient (Wildman–Crippen LogP) is 1.27. The van der Waals surface area contributed by atoms with Crippen LogP contribution in [0.2, 0.25) is 5.02 Å². The molecule has 15 heavy (non-hydrogen) atoms. The van der Waals surface area contributed by atoms with E-state index in [9.17, 15) is 4.79 Å². The van der Waals surface area contributed by atoms with Gasteiger partial charge in [-0.2, -0.15) is 10.2 Å². The van der Waals surface area contributed by atoms with Crippen LogP contribution in [0.3, 0.4) is 0 Å². The lowest BCUT2D eigenvalue weighted by molar-refractivity contribution is 0.0936. The molecule has 0 aromatic carbocycles. The molecule has 0 spiro atoms. The molecule has 2 rings (SSSR count). The molecule has 0 aliphatic heterocycles. The Kier molecular flexibility index (Phi) is 2.32. The van der Waals surface area contributed by atoms with E-state index in [1.807, 2.05) is 0 Å². The number of hydrogen-bond donors (Lipinski definition) is 0. The summed E-state index contributed by atoms with van der Waals surface area (Å²) in [6.45, 7) is 1.75. The van der Waals surface area contributed by atoms with E-state index in [4.69, 9.17) is 11.6 Å². The van der Waals surface area contributed by atoms with E-state index in [1.165, 1.54) is 15.6 Å². The van der Waals surface area contributed by atoms with Gasteiger partial charge in [-0.25, -0.2) is 4.68 Å². The van der Waals surface area contributed by atoms with Crippen LogP contribution < -0.4 is 0 Å². The van der Waals surface area contributed by atoms with Crippen molar-refractivity contribution < 1.29 is 4.79 Å². The molecule has 0 saturated carbocycles. The third kappa shape index (κ3) is 1.55. The first-order valence-corrected chi connectivity index (χ1v) is 4.72. The molecule has 0 N–H and O–H groups in total. The standard InChI is InChI=1S/C9H9ClN4O/c1-6-7(10)8(13(2)12-6)9(15)14-5-3-4-11-14/h3-5H,1-2H3. The molecular formula is C9H9ClN4O. The monoisotopic (exact) mass is 224 g/mol. The zero-order valence-corrected chi connectivity index (χ0v) is 9.06. The van der Waals surface area contributed by atoms with E-state index >= 15 is 0 Å². The van der Waals surface area contributed by atoms with Gasteiger partial charge in [-0.15, -0.1) is 0 Å².